The fourth-order valence-electron chi connectivity index (χ4n) is 1.62. The zero-order chi connectivity index (χ0) is 14.0. The molecule has 2 aromatic rings. The van der Waals surface area contributed by atoms with E-state index in [0.29, 0.717) is 16.4 Å². The first-order chi connectivity index (χ1) is 8.97. The van der Waals surface area contributed by atoms with Crippen molar-refractivity contribution in [1.82, 2.24) is 15.0 Å². The van der Waals surface area contributed by atoms with E-state index >= 15 is 0 Å². The van der Waals surface area contributed by atoms with Crippen molar-refractivity contribution in [1.29, 1.82) is 0 Å². The molecule has 2 rings (SSSR count). The molecule has 1 aromatic carbocycles. The minimum Gasteiger partial charge on any atom is -0.480 e. The van der Waals surface area contributed by atoms with Crippen molar-refractivity contribution in [3.63, 3.8) is 0 Å². The highest BCUT2D eigenvalue weighted by Gasteiger charge is 2.15. The molecule has 0 spiro atoms. The van der Waals surface area contributed by atoms with Gasteiger partial charge in [0.05, 0.1) is 22.6 Å². The lowest BCUT2D eigenvalue weighted by Gasteiger charge is -2.04. The quantitative estimate of drug-likeness (QED) is 0.877. The van der Waals surface area contributed by atoms with Gasteiger partial charge in [0.25, 0.3) is 0 Å². The standard InChI is InChI=1S/C12H13ClN4O2/c1-7-2-3-11(9(13)4-7)17-6-8(15-16-17)5-10(14)12(18)19/h2-4,6,10H,5,14H2,1H3,(H,18,19). The number of hydrogen-bond acceptors (Lipinski definition) is 4. The number of nitrogens with zero attached hydrogens (tertiary/aromatic N) is 3. The van der Waals surface area contributed by atoms with Crippen molar-refractivity contribution < 1.29 is 9.90 Å². The molecular formula is C12H13ClN4O2. The second-order valence-corrected chi connectivity index (χ2v) is 4.67. The summed E-state index contributed by atoms with van der Waals surface area (Å²) >= 11 is 6.12. The van der Waals surface area contributed by atoms with Crippen molar-refractivity contribution in [3.05, 3.63) is 40.7 Å². The van der Waals surface area contributed by atoms with Crippen LogP contribution in [0.1, 0.15) is 11.3 Å². The maximum absolute atomic E-state index is 10.7. The SMILES string of the molecule is Cc1ccc(-n2cc(CC(N)C(=O)O)nn2)c(Cl)c1. The lowest BCUT2D eigenvalue weighted by molar-refractivity contribution is -0.138. The van der Waals surface area contributed by atoms with Gasteiger partial charge in [0.1, 0.15) is 6.04 Å². The van der Waals surface area contributed by atoms with Gasteiger partial charge in [0.2, 0.25) is 0 Å². The monoisotopic (exact) mass is 280 g/mol. The molecule has 19 heavy (non-hydrogen) atoms. The summed E-state index contributed by atoms with van der Waals surface area (Å²) in [5.74, 6) is -1.07. The van der Waals surface area contributed by atoms with E-state index in [1.807, 2.05) is 25.1 Å². The van der Waals surface area contributed by atoms with Gasteiger partial charge in [-0.1, -0.05) is 22.9 Å². The summed E-state index contributed by atoms with van der Waals surface area (Å²) in [4.78, 5) is 10.7. The van der Waals surface area contributed by atoms with E-state index in [1.165, 1.54) is 4.68 Å². The summed E-state index contributed by atoms with van der Waals surface area (Å²) in [7, 11) is 0. The van der Waals surface area contributed by atoms with Gasteiger partial charge in [0.15, 0.2) is 0 Å². The number of halogens is 1. The van der Waals surface area contributed by atoms with Crippen molar-refractivity contribution in [2.24, 2.45) is 5.73 Å². The molecule has 0 amide bonds. The van der Waals surface area contributed by atoms with Crippen LogP contribution in [0.25, 0.3) is 5.69 Å². The number of carboxylic acid groups (broad SMARTS) is 1. The minimum absolute atomic E-state index is 0.124. The number of rotatable bonds is 4. The van der Waals surface area contributed by atoms with Crippen LogP contribution in [-0.4, -0.2) is 32.1 Å². The Hall–Kier alpha value is -1.92. The van der Waals surface area contributed by atoms with E-state index < -0.39 is 12.0 Å². The van der Waals surface area contributed by atoms with E-state index in [9.17, 15) is 4.79 Å². The lowest BCUT2D eigenvalue weighted by atomic mass is 10.2. The van der Waals surface area contributed by atoms with Crippen molar-refractivity contribution in [2.45, 2.75) is 19.4 Å². The molecule has 0 aliphatic rings. The molecule has 100 valence electrons. The number of hydrogen-bond donors (Lipinski definition) is 2. The maximum Gasteiger partial charge on any atom is 0.320 e. The molecule has 1 heterocycles. The first-order valence-electron chi connectivity index (χ1n) is 5.63. The summed E-state index contributed by atoms with van der Waals surface area (Å²) in [5, 5.41) is 17.1. The largest absolute Gasteiger partial charge is 0.480 e. The van der Waals surface area contributed by atoms with Crippen LogP contribution in [0.4, 0.5) is 0 Å². The normalized spacial score (nSPS) is 12.4. The van der Waals surface area contributed by atoms with Gasteiger partial charge in [-0.2, -0.15) is 0 Å². The van der Waals surface area contributed by atoms with Crippen LogP contribution in [0.2, 0.25) is 5.02 Å². The van der Waals surface area contributed by atoms with Crippen LogP contribution in [0.15, 0.2) is 24.4 Å². The van der Waals surface area contributed by atoms with Crippen molar-refractivity contribution in [3.8, 4) is 5.69 Å². The predicted octanol–water partition coefficient (Wildman–Crippen LogP) is 1.18. The molecule has 3 N–H and O–H groups in total. The summed E-state index contributed by atoms with van der Waals surface area (Å²) in [6.45, 7) is 1.94. The van der Waals surface area contributed by atoms with Gasteiger partial charge in [-0.15, -0.1) is 5.10 Å². The van der Waals surface area contributed by atoms with E-state index in [1.54, 1.807) is 6.20 Å². The average Bonchev–Trinajstić information content (AvgIpc) is 2.77. The number of nitrogens with two attached hydrogens (primary N) is 1. The van der Waals surface area contributed by atoms with E-state index in [4.69, 9.17) is 22.4 Å². The predicted molar refractivity (Wildman–Crippen MR) is 70.4 cm³/mol. The van der Waals surface area contributed by atoms with E-state index in [-0.39, 0.29) is 6.42 Å². The molecule has 1 unspecified atom stereocenters. The Morgan fingerprint density at radius 1 is 1.58 bits per heavy atom. The number of aryl methyl sites for hydroxylation is 1. The lowest BCUT2D eigenvalue weighted by Crippen LogP contribution is -2.32. The number of aromatic nitrogens is 3. The van der Waals surface area contributed by atoms with Crippen LogP contribution < -0.4 is 5.73 Å². The third-order valence-electron chi connectivity index (χ3n) is 2.64. The van der Waals surface area contributed by atoms with Crippen molar-refractivity contribution >= 4 is 17.6 Å². The smallest absolute Gasteiger partial charge is 0.320 e. The Balaban J connectivity index is 2.23. The zero-order valence-electron chi connectivity index (χ0n) is 10.2. The van der Waals surface area contributed by atoms with Gasteiger partial charge >= 0.3 is 5.97 Å². The summed E-state index contributed by atoms with van der Waals surface area (Å²) in [5.41, 5.74) is 7.68. The Morgan fingerprint density at radius 2 is 2.32 bits per heavy atom. The van der Waals surface area contributed by atoms with Gasteiger partial charge < -0.3 is 10.8 Å². The second kappa shape index (κ2) is 5.38. The minimum atomic E-state index is -1.07. The van der Waals surface area contributed by atoms with Gasteiger partial charge in [-0.05, 0) is 24.6 Å². The fourth-order valence-corrected chi connectivity index (χ4v) is 1.94. The third-order valence-corrected chi connectivity index (χ3v) is 2.94. The Morgan fingerprint density at radius 3 is 2.95 bits per heavy atom. The van der Waals surface area contributed by atoms with Crippen LogP contribution in [0, 0.1) is 6.92 Å². The first-order valence-corrected chi connectivity index (χ1v) is 6.01. The van der Waals surface area contributed by atoms with E-state index in [2.05, 4.69) is 10.3 Å². The molecule has 0 radical (unpaired) electrons. The van der Waals surface area contributed by atoms with E-state index in [0.717, 1.165) is 5.56 Å². The van der Waals surface area contributed by atoms with Gasteiger partial charge in [-0.3, -0.25) is 4.79 Å². The van der Waals surface area contributed by atoms with Crippen molar-refractivity contribution in [2.75, 3.05) is 0 Å². The molecule has 0 bridgehead atoms. The number of aliphatic carboxylic acids is 1. The van der Waals surface area contributed by atoms with Crippen LogP contribution in [-0.2, 0) is 11.2 Å². The van der Waals surface area contributed by atoms with Gasteiger partial charge in [-0.25, -0.2) is 4.68 Å². The maximum atomic E-state index is 10.7. The molecule has 0 saturated heterocycles. The second-order valence-electron chi connectivity index (χ2n) is 4.26. The number of benzene rings is 1. The highest BCUT2D eigenvalue weighted by atomic mass is 35.5. The van der Waals surface area contributed by atoms with Crippen LogP contribution >= 0.6 is 11.6 Å². The first kappa shape index (κ1) is 13.5. The summed E-state index contributed by atoms with van der Waals surface area (Å²) in [6, 6.07) is 4.57. The third kappa shape index (κ3) is 3.10. The molecule has 0 aliphatic carbocycles. The highest BCUT2D eigenvalue weighted by molar-refractivity contribution is 6.32. The number of carbonyl (C=O) groups is 1. The molecule has 1 atom stereocenters. The highest BCUT2D eigenvalue weighted by Crippen LogP contribution is 2.21. The molecular weight excluding hydrogens is 268 g/mol. The number of carboxylic acids is 1. The molecule has 0 saturated carbocycles. The molecule has 6 nitrogen and oxygen atoms in total. The fraction of sp³-hybridized carbons (Fsp3) is 0.250. The van der Waals surface area contributed by atoms with Crippen LogP contribution in [0.5, 0.6) is 0 Å². The molecule has 1 aromatic heterocycles. The Kier molecular flexibility index (Phi) is 3.82. The summed E-state index contributed by atoms with van der Waals surface area (Å²) in [6.07, 6.45) is 1.75. The summed E-state index contributed by atoms with van der Waals surface area (Å²) < 4.78 is 1.51. The van der Waals surface area contributed by atoms with Crippen LogP contribution in [0.3, 0.4) is 0 Å². The molecule has 0 aliphatic heterocycles. The zero-order valence-corrected chi connectivity index (χ0v) is 11.0. The Bertz CT molecular complexity index is 612. The Labute approximate surface area is 114 Å². The topological polar surface area (TPSA) is 94.0 Å². The molecule has 0 fully saturated rings. The van der Waals surface area contributed by atoms with Gasteiger partial charge in [0, 0.05) is 6.42 Å². The average molecular weight is 281 g/mol. The molecule has 7 heteroatoms.